The molecule has 2 fully saturated rings. The number of ether oxygens (including phenoxy) is 1. The van der Waals surface area contributed by atoms with Crippen LogP contribution < -0.4 is 10.6 Å². The zero-order valence-electron chi connectivity index (χ0n) is 17.5. The molecule has 30 heavy (non-hydrogen) atoms. The molecule has 0 atom stereocenters. The lowest BCUT2D eigenvalue weighted by Gasteiger charge is -2.26. The van der Waals surface area contributed by atoms with Crippen molar-refractivity contribution in [3.8, 4) is 0 Å². The molecule has 2 saturated heterocycles. The third-order valence-electron chi connectivity index (χ3n) is 6.05. The molecule has 0 radical (unpaired) electrons. The number of fused-ring (bicyclic) bond motifs is 1. The number of rotatable bonds is 7. The quantitative estimate of drug-likeness (QED) is 0.668. The fourth-order valence-corrected chi connectivity index (χ4v) is 4.28. The predicted octanol–water partition coefficient (Wildman–Crippen LogP) is 3.54. The van der Waals surface area contributed by atoms with E-state index in [0.29, 0.717) is 12.3 Å². The van der Waals surface area contributed by atoms with Crippen molar-refractivity contribution in [1.29, 1.82) is 0 Å². The Bertz CT molecular complexity index is 787. The van der Waals surface area contributed by atoms with E-state index in [-0.39, 0.29) is 30.7 Å². The van der Waals surface area contributed by atoms with E-state index in [0.717, 1.165) is 64.6 Å². The fourth-order valence-electron chi connectivity index (χ4n) is 4.28. The number of carbonyl (C=O) groups excluding carboxylic acids is 1. The van der Waals surface area contributed by atoms with Gasteiger partial charge >= 0.3 is 0 Å². The maximum absolute atomic E-state index is 12.3. The van der Waals surface area contributed by atoms with Crippen molar-refractivity contribution in [2.45, 2.75) is 32.2 Å². The van der Waals surface area contributed by atoms with Crippen molar-refractivity contribution in [2.24, 2.45) is 5.92 Å². The Morgan fingerprint density at radius 3 is 2.63 bits per heavy atom. The van der Waals surface area contributed by atoms with Gasteiger partial charge in [0.2, 0.25) is 5.91 Å². The van der Waals surface area contributed by atoms with Gasteiger partial charge in [-0.2, -0.15) is 0 Å². The van der Waals surface area contributed by atoms with Gasteiger partial charge in [0.15, 0.2) is 0 Å². The smallest absolute Gasteiger partial charge is 0.224 e. The average Bonchev–Trinajstić information content (AvgIpc) is 3.14. The van der Waals surface area contributed by atoms with E-state index >= 15 is 0 Å². The molecule has 1 aromatic heterocycles. The average molecular weight is 457 g/mol. The first-order chi connectivity index (χ1) is 13.8. The number of benzene rings is 1. The van der Waals surface area contributed by atoms with Crippen LogP contribution in [0.3, 0.4) is 0 Å². The van der Waals surface area contributed by atoms with Gasteiger partial charge in [-0.1, -0.05) is 0 Å². The number of morpholine rings is 1. The Morgan fingerprint density at radius 2 is 1.87 bits per heavy atom. The van der Waals surface area contributed by atoms with Crippen LogP contribution in [-0.4, -0.2) is 61.3 Å². The molecule has 2 aromatic rings. The van der Waals surface area contributed by atoms with Crippen LogP contribution in [0.2, 0.25) is 0 Å². The molecule has 0 unspecified atom stereocenters. The van der Waals surface area contributed by atoms with Crippen molar-refractivity contribution in [3.05, 3.63) is 30.5 Å². The molecule has 0 spiro atoms. The van der Waals surface area contributed by atoms with E-state index in [1.165, 1.54) is 23.7 Å². The van der Waals surface area contributed by atoms with E-state index in [1.807, 2.05) is 6.07 Å². The van der Waals surface area contributed by atoms with Crippen molar-refractivity contribution >= 4 is 47.3 Å². The number of aromatic nitrogens is 1. The second-order valence-electron chi connectivity index (χ2n) is 8.02. The maximum atomic E-state index is 12.3. The number of hydrogen-bond donors (Lipinski definition) is 2. The minimum absolute atomic E-state index is 0. The molecular formula is C22H34Cl2N4O2. The molecule has 2 aliphatic heterocycles. The largest absolute Gasteiger partial charge is 0.379 e. The van der Waals surface area contributed by atoms with E-state index in [4.69, 9.17) is 4.74 Å². The van der Waals surface area contributed by atoms with Gasteiger partial charge in [0.25, 0.3) is 0 Å². The summed E-state index contributed by atoms with van der Waals surface area (Å²) in [6.07, 6.45) is 6.14. The van der Waals surface area contributed by atoms with Crippen LogP contribution in [0.5, 0.6) is 0 Å². The lowest BCUT2D eigenvalue weighted by molar-refractivity contribution is -0.116. The van der Waals surface area contributed by atoms with Crippen LogP contribution in [0, 0.1) is 5.92 Å². The number of amides is 1. The Labute approximate surface area is 191 Å². The van der Waals surface area contributed by atoms with Crippen molar-refractivity contribution in [2.75, 3.05) is 51.3 Å². The SMILES string of the molecule is Cl.Cl.O=C(CCC1CCNCC1)Nc1ccc2c(ccn2CCN2CCOCC2)c1. The molecule has 4 rings (SSSR count). The molecule has 0 bridgehead atoms. The highest BCUT2D eigenvalue weighted by Gasteiger charge is 2.15. The second kappa shape index (κ2) is 12.5. The summed E-state index contributed by atoms with van der Waals surface area (Å²) in [5.41, 5.74) is 2.12. The summed E-state index contributed by atoms with van der Waals surface area (Å²) in [5, 5.41) is 7.64. The van der Waals surface area contributed by atoms with E-state index in [2.05, 4.69) is 44.5 Å². The summed E-state index contributed by atoms with van der Waals surface area (Å²) in [4.78, 5) is 14.8. The lowest BCUT2D eigenvalue weighted by atomic mass is 9.93. The monoisotopic (exact) mass is 456 g/mol. The Morgan fingerprint density at radius 1 is 1.10 bits per heavy atom. The van der Waals surface area contributed by atoms with Crippen molar-refractivity contribution in [3.63, 3.8) is 0 Å². The fraction of sp³-hybridized carbons (Fsp3) is 0.591. The normalized spacial score (nSPS) is 17.9. The van der Waals surface area contributed by atoms with Gasteiger partial charge < -0.3 is 19.9 Å². The number of anilines is 1. The number of nitrogens with zero attached hydrogens (tertiary/aromatic N) is 2. The molecule has 0 aliphatic carbocycles. The molecule has 1 amide bonds. The zero-order chi connectivity index (χ0) is 19.2. The van der Waals surface area contributed by atoms with Gasteiger partial charge in [0, 0.05) is 55.4 Å². The number of hydrogen-bond acceptors (Lipinski definition) is 4. The molecule has 3 heterocycles. The first-order valence-corrected chi connectivity index (χ1v) is 10.7. The van der Waals surface area contributed by atoms with Crippen molar-refractivity contribution < 1.29 is 9.53 Å². The van der Waals surface area contributed by atoms with Crippen LogP contribution in [0.1, 0.15) is 25.7 Å². The Hall–Kier alpha value is -1.31. The summed E-state index contributed by atoms with van der Waals surface area (Å²) < 4.78 is 7.72. The molecule has 1 aromatic carbocycles. The minimum atomic E-state index is 0. The van der Waals surface area contributed by atoms with Crippen LogP contribution >= 0.6 is 24.8 Å². The molecule has 2 aliphatic rings. The number of piperidine rings is 1. The first-order valence-electron chi connectivity index (χ1n) is 10.7. The molecule has 0 saturated carbocycles. The highest BCUT2D eigenvalue weighted by molar-refractivity contribution is 5.93. The first kappa shape index (κ1) is 25.0. The minimum Gasteiger partial charge on any atom is -0.379 e. The Kier molecular flexibility index (Phi) is 10.4. The van der Waals surface area contributed by atoms with Gasteiger partial charge in [-0.15, -0.1) is 24.8 Å². The molecule has 6 nitrogen and oxygen atoms in total. The summed E-state index contributed by atoms with van der Waals surface area (Å²) in [5.74, 6) is 0.819. The number of carbonyl (C=O) groups is 1. The van der Waals surface area contributed by atoms with Gasteiger partial charge in [-0.3, -0.25) is 9.69 Å². The van der Waals surface area contributed by atoms with Gasteiger partial charge in [-0.25, -0.2) is 0 Å². The van der Waals surface area contributed by atoms with E-state index < -0.39 is 0 Å². The summed E-state index contributed by atoms with van der Waals surface area (Å²) >= 11 is 0. The standard InChI is InChI=1S/C22H32N4O2.2ClH/c27-22(4-1-18-5-8-23-9-6-18)24-20-2-3-21-19(17-20)7-10-26(21)12-11-25-13-15-28-16-14-25;;/h2-3,7,10,17-18,23H,1,4-6,8-9,11-16H2,(H,24,27);2*1H. The van der Waals surface area contributed by atoms with Crippen LogP contribution in [0.25, 0.3) is 10.9 Å². The van der Waals surface area contributed by atoms with E-state index in [1.54, 1.807) is 0 Å². The molecule has 2 N–H and O–H groups in total. The zero-order valence-corrected chi connectivity index (χ0v) is 19.1. The third kappa shape index (κ3) is 6.86. The maximum Gasteiger partial charge on any atom is 0.224 e. The second-order valence-corrected chi connectivity index (χ2v) is 8.02. The summed E-state index contributed by atoms with van der Waals surface area (Å²) in [6, 6.07) is 8.37. The summed E-state index contributed by atoms with van der Waals surface area (Å²) in [7, 11) is 0. The lowest BCUT2D eigenvalue weighted by Crippen LogP contribution is -2.38. The number of halogens is 2. The molecule has 168 valence electrons. The predicted molar refractivity (Wildman–Crippen MR) is 127 cm³/mol. The van der Waals surface area contributed by atoms with Crippen LogP contribution in [0.15, 0.2) is 30.5 Å². The molecular weight excluding hydrogens is 423 g/mol. The van der Waals surface area contributed by atoms with Crippen LogP contribution in [-0.2, 0) is 16.1 Å². The summed E-state index contributed by atoms with van der Waals surface area (Å²) in [6.45, 7) is 7.92. The van der Waals surface area contributed by atoms with Crippen molar-refractivity contribution in [1.82, 2.24) is 14.8 Å². The van der Waals surface area contributed by atoms with Crippen LogP contribution in [0.4, 0.5) is 5.69 Å². The highest BCUT2D eigenvalue weighted by Crippen LogP contribution is 2.22. The molecule has 8 heteroatoms. The van der Waals surface area contributed by atoms with Gasteiger partial charge in [0.1, 0.15) is 0 Å². The van der Waals surface area contributed by atoms with Gasteiger partial charge in [-0.05, 0) is 62.5 Å². The number of nitrogens with one attached hydrogen (secondary N) is 2. The topological polar surface area (TPSA) is 58.5 Å². The van der Waals surface area contributed by atoms with Gasteiger partial charge in [0.05, 0.1) is 13.2 Å². The third-order valence-corrected chi connectivity index (χ3v) is 6.05. The highest BCUT2D eigenvalue weighted by atomic mass is 35.5. The Balaban J connectivity index is 0.00000160. The van der Waals surface area contributed by atoms with E-state index in [9.17, 15) is 4.79 Å².